The van der Waals surface area contributed by atoms with Crippen molar-refractivity contribution in [2.24, 2.45) is 0 Å². The maximum atomic E-state index is 12.2. The molecule has 0 amide bonds. The van der Waals surface area contributed by atoms with Crippen LogP contribution in [0.15, 0.2) is 78.9 Å². The van der Waals surface area contributed by atoms with Gasteiger partial charge in [0, 0.05) is 11.1 Å². The smallest absolute Gasteiger partial charge is 0.338 e. The third-order valence-electron chi connectivity index (χ3n) is 4.51. The molecule has 2 aromatic rings. The zero-order valence-electron chi connectivity index (χ0n) is 20.0. The predicted octanol–water partition coefficient (Wildman–Crippen LogP) is 4.38. The minimum Gasteiger partial charge on any atom is -0.460 e. The van der Waals surface area contributed by atoms with Crippen LogP contribution >= 0.6 is 0 Å². The topological polar surface area (TPSA) is 108 Å². The largest absolute Gasteiger partial charge is 0.460 e. The Labute approximate surface area is 204 Å². The Bertz CT molecular complexity index is 1140. The molecule has 0 radical (unpaired) electrons. The Hall–Kier alpha value is -4.01. The Morgan fingerprint density at radius 2 is 1.34 bits per heavy atom. The zero-order valence-corrected chi connectivity index (χ0v) is 20.0. The van der Waals surface area contributed by atoms with Crippen LogP contribution in [0.4, 0.5) is 0 Å². The number of rotatable bonds is 11. The van der Waals surface area contributed by atoms with Crippen LogP contribution < -0.4 is 9.47 Å². The molecule has 1 unspecified atom stereocenters. The van der Waals surface area contributed by atoms with Crippen LogP contribution in [-0.2, 0) is 19.1 Å². The second-order valence-corrected chi connectivity index (χ2v) is 7.78. The van der Waals surface area contributed by atoms with Crippen LogP contribution in [0.1, 0.15) is 31.1 Å². The molecule has 0 bridgehead atoms. The third kappa shape index (κ3) is 8.06. The number of hydrogen-bond acceptors (Lipinski definition) is 8. The second kappa shape index (κ2) is 12.5. The first-order valence-corrected chi connectivity index (χ1v) is 10.6. The fourth-order valence-corrected chi connectivity index (χ4v) is 2.54. The van der Waals surface area contributed by atoms with Gasteiger partial charge in [0.15, 0.2) is 17.8 Å². The summed E-state index contributed by atoms with van der Waals surface area (Å²) in [7, 11) is 0. The van der Waals surface area contributed by atoms with E-state index in [1.165, 1.54) is 19.9 Å². The van der Waals surface area contributed by atoms with Gasteiger partial charge in [0.05, 0.1) is 12.2 Å². The Kier molecular flexibility index (Phi) is 9.69. The van der Waals surface area contributed by atoms with Crippen LogP contribution in [0.5, 0.6) is 11.5 Å². The average Bonchev–Trinajstić information content (AvgIpc) is 2.82. The van der Waals surface area contributed by atoms with E-state index >= 15 is 0 Å². The highest BCUT2D eigenvalue weighted by molar-refractivity contribution is 5.92. The molecular weight excluding hydrogens is 452 g/mol. The van der Waals surface area contributed by atoms with Gasteiger partial charge in [-0.15, -0.1) is 0 Å². The van der Waals surface area contributed by atoms with Crippen molar-refractivity contribution in [2.45, 2.75) is 27.1 Å². The maximum absolute atomic E-state index is 12.2. The van der Waals surface area contributed by atoms with Crippen molar-refractivity contribution in [3.05, 3.63) is 84.5 Å². The van der Waals surface area contributed by atoms with Gasteiger partial charge in [-0.05, 0) is 61.7 Å². The molecule has 35 heavy (non-hydrogen) atoms. The fourth-order valence-electron chi connectivity index (χ4n) is 2.54. The van der Waals surface area contributed by atoms with Crippen molar-refractivity contribution in [1.29, 1.82) is 0 Å². The number of esters is 3. The van der Waals surface area contributed by atoms with Gasteiger partial charge < -0.3 is 24.1 Å². The number of benzene rings is 2. The fraction of sp³-hybridized carbons (Fsp3) is 0.222. The highest BCUT2D eigenvalue weighted by atomic mass is 16.6. The normalized spacial score (nSPS) is 11.2. The molecule has 0 aliphatic carbocycles. The number of ether oxygens (including phenoxy) is 4. The first kappa shape index (κ1) is 27.2. The first-order valence-electron chi connectivity index (χ1n) is 10.6. The summed E-state index contributed by atoms with van der Waals surface area (Å²) in [6, 6.07) is 11.3. The molecule has 8 nitrogen and oxygen atoms in total. The van der Waals surface area contributed by atoms with Crippen LogP contribution in [0.2, 0.25) is 0 Å². The minimum absolute atomic E-state index is 0.0197. The van der Waals surface area contributed by atoms with E-state index in [0.717, 1.165) is 0 Å². The first-order chi connectivity index (χ1) is 16.5. The van der Waals surface area contributed by atoms with Crippen molar-refractivity contribution in [3.63, 3.8) is 0 Å². The van der Waals surface area contributed by atoms with Gasteiger partial charge in [0.2, 0.25) is 0 Å². The molecule has 8 heteroatoms. The summed E-state index contributed by atoms with van der Waals surface area (Å²) in [5.74, 6) is -1.80. The monoisotopic (exact) mass is 480 g/mol. The van der Waals surface area contributed by atoms with Crippen LogP contribution in [-0.4, -0.2) is 42.5 Å². The van der Waals surface area contributed by atoms with Crippen molar-refractivity contribution in [1.82, 2.24) is 0 Å². The lowest BCUT2D eigenvalue weighted by atomic mass is 10.0. The summed E-state index contributed by atoms with van der Waals surface area (Å²) in [5.41, 5.74) is 2.48. The number of carbonyl (C=O) groups excluding carboxylic acids is 3. The molecule has 0 spiro atoms. The lowest BCUT2D eigenvalue weighted by Crippen LogP contribution is -2.18. The molecule has 0 saturated heterocycles. The highest BCUT2D eigenvalue weighted by Gasteiger charge is 2.17. The molecule has 184 valence electrons. The molecule has 2 rings (SSSR count). The summed E-state index contributed by atoms with van der Waals surface area (Å²) in [6.45, 7) is 15.3. The summed E-state index contributed by atoms with van der Waals surface area (Å²) in [4.78, 5) is 36.3. The molecule has 1 N–H and O–H groups in total. The third-order valence-corrected chi connectivity index (χ3v) is 4.51. The number of aliphatic hydroxyl groups is 1. The van der Waals surface area contributed by atoms with Crippen LogP contribution in [0.25, 0.3) is 11.1 Å². The van der Waals surface area contributed by atoms with E-state index in [9.17, 15) is 19.5 Å². The molecular formula is C27H28O8. The van der Waals surface area contributed by atoms with E-state index in [-0.39, 0.29) is 35.9 Å². The summed E-state index contributed by atoms with van der Waals surface area (Å²) in [5, 5.41) is 9.50. The lowest BCUT2D eigenvalue weighted by molar-refractivity contribution is -0.132. The summed E-state index contributed by atoms with van der Waals surface area (Å²) >= 11 is 0. The average molecular weight is 481 g/mol. The van der Waals surface area contributed by atoms with Crippen molar-refractivity contribution in [2.75, 3.05) is 13.2 Å². The predicted molar refractivity (Wildman–Crippen MR) is 130 cm³/mol. The van der Waals surface area contributed by atoms with Crippen molar-refractivity contribution in [3.8, 4) is 22.6 Å². The molecule has 1 atom stereocenters. The van der Waals surface area contributed by atoms with Gasteiger partial charge in [0.1, 0.15) is 6.61 Å². The van der Waals surface area contributed by atoms with Gasteiger partial charge >= 0.3 is 17.9 Å². The summed E-state index contributed by atoms with van der Waals surface area (Å²) in [6.07, 6.45) is -1.11. The Morgan fingerprint density at radius 3 is 1.89 bits per heavy atom. The molecule has 0 aromatic heterocycles. The number of aliphatic hydroxyl groups excluding tert-OH is 1. The summed E-state index contributed by atoms with van der Waals surface area (Å²) < 4.78 is 20.8. The van der Waals surface area contributed by atoms with Crippen LogP contribution in [0, 0.1) is 0 Å². The molecule has 0 fully saturated rings. The molecule has 0 aliphatic heterocycles. The van der Waals surface area contributed by atoms with E-state index in [1.54, 1.807) is 43.3 Å². The van der Waals surface area contributed by atoms with E-state index in [2.05, 4.69) is 19.7 Å². The molecule has 0 heterocycles. The van der Waals surface area contributed by atoms with E-state index in [1.807, 2.05) is 0 Å². The lowest BCUT2D eigenvalue weighted by Gasteiger charge is -2.13. The van der Waals surface area contributed by atoms with Gasteiger partial charge in [-0.2, -0.15) is 0 Å². The second-order valence-electron chi connectivity index (χ2n) is 7.78. The maximum Gasteiger partial charge on any atom is 0.338 e. The van der Waals surface area contributed by atoms with Crippen molar-refractivity contribution < 1.29 is 38.4 Å². The highest BCUT2D eigenvalue weighted by Crippen LogP contribution is 2.34. The van der Waals surface area contributed by atoms with E-state index in [4.69, 9.17) is 18.9 Å². The quantitative estimate of drug-likeness (QED) is 0.126. The number of carbonyl (C=O) groups is 3. The minimum atomic E-state index is -1.11. The Balaban J connectivity index is 2.16. The molecule has 2 aromatic carbocycles. The molecule has 0 aliphatic rings. The molecule has 0 saturated carbocycles. The zero-order chi connectivity index (χ0) is 26.1. The van der Waals surface area contributed by atoms with Crippen molar-refractivity contribution >= 4 is 17.9 Å². The Morgan fingerprint density at radius 1 is 0.800 bits per heavy atom. The van der Waals surface area contributed by atoms with Gasteiger partial charge in [-0.3, -0.25) is 0 Å². The van der Waals surface area contributed by atoms with E-state index in [0.29, 0.717) is 22.3 Å². The van der Waals surface area contributed by atoms with E-state index < -0.39 is 24.2 Å². The van der Waals surface area contributed by atoms with Gasteiger partial charge in [-0.1, -0.05) is 37.9 Å². The van der Waals surface area contributed by atoms with Crippen LogP contribution in [0.3, 0.4) is 0 Å². The SMILES string of the molecule is C=C(C)C(=O)Oc1ccc(-c2ccc(C(=O)OCCOC(O)C(=C)C)cc2)cc1OC(=O)C(=C)C. The standard InChI is InChI=1S/C27H28O8/c1-16(2)24(28)32-13-14-33-27(31)20-9-7-19(8-10-20)21-11-12-22(34-25(29)17(3)4)23(15-21)35-26(30)18(5)6/h7-12,15,24,28H,1,3,5,13-14H2,2,4,6H3. The number of hydrogen-bond donors (Lipinski definition) is 1. The van der Waals surface area contributed by atoms with Gasteiger partial charge in [-0.25, -0.2) is 14.4 Å². The van der Waals surface area contributed by atoms with Gasteiger partial charge in [0.25, 0.3) is 0 Å².